The van der Waals surface area contributed by atoms with Gasteiger partial charge in [0.25, 0.3) is 0 Å². The Morgan fingerprint density at radius 3 is 3.00 bits per heavy atom. The van der Waals surface area contributed by atoms with E-state index in [-0.39, 0.29) is 0 Å². The lowest BCUT2D eigenvalue weighted by atomic mass is 9.87. The van der Waals surface area contributed by atoms with Gasteiger partial charge in [-0.2, -0.15) is 0 Å². The molecule has 1 aliphatic rings. The van der Waals surface area contributed by atoms with Crippen molar-refractivity contribution < 1.29 is 14.6 Å². The Hall–Kier alpha value is -1.55. The van der Waals surface area contributed by atoms with E-state index in [2.05, 4.69) is 11.4 Å². The molecule has 4 nitrogen and oxygen atoms in total. The highest BCUT2D eigenvalue weighted by molar-refractivity contribution is 5.72. The molecule has 1 aromatic carbocycles. The Balaban J connectivity index is 2.22. The van der Waals surface area contributed by atoms with Gasteiger partial charge in [-0.1, -0.05) is 13.0 Å². The number of hydrogen-bond donors (Lipinski definition) is 2. The van der Waals surface area contributed by atoms with Crippen LogP contribution in [0.1, 0.15) is 43.4 Å². The van der Waals surface area contributed by atoms with Gasteiger partial charge in [-0.3, -0.25) is 0 Å². The van der Waals surface area contributed by atoms with Crippen LogP contribution in [0.3, 0.4) is 0 Å². The van der Waals surface area contributed by atoms with E-state index in [9.17, 15) is 4.79 Å². The Bertz CT molecular complexity index is 459. The van der Waals surface area contributed by atoms with Gasteiger partial charge in [0.1, 0.15) is 5.75 Å². The summed E-state index contributed by atoms with van der Waals surface area (Å²) < 4.78 is 5.56. The number of nitrogens with one attached hydrogen (secondary N) is 1. The molecule has 4 heteroatoms. The van der Waals surface area contributed by atoms with Gasteiger partial charge in [-0.15, -0.1) is 0 Å². The minimum absolute atomic E-state index is 0.345. The summed E-state index contributed by atoms with van der Waals surface area (Å²) in [5, 5.41) is 12.3. The SMILES string of the molecule is CCC(Oc1ccc2c(c1)C(NC)CCC2)C(=O)O. The van der Waals surface area contributed by atoms with Crippen LogP contribution in [0.15, 0.2) is 18.2 Å². The van der Waals surface area contributed by atoms with Crippen molar-refractivity contribution in [3.63, 3.8) is 0 Å². The van der Waals surface area contributed by atoms with Gasteiger partial charge < -0.3 is 15.2 Å². The lowest BCUT2D eigenvalue weighted by Crippen LogP contribution is -2.26. The molecule has 0 aliphatic heterocycles. The molecule has 2 N–H and O–H groups in total. The maximum atomic E-state index is 11.0. The van der Waals surface area contributed by atoms with Crippen molar-refractivity contribution in [1.29, 1.82) is 0 Å². The summed E-state index contributed by atoms with van der Waals surface area (Å²) in [7, 11) is 1.96. The zero-order chi connectivity index (χ0) is 13.8. The smallest absolute Gasteiger partial charge is 0.344 e. The summed E-state index contributed by atoms with van der Waals surface area (Å²) in [5.41, 5.74) is 2.58. The number of aliphatic carboxylic acids is 1. The maximum Gasteiger partial charge on any atom is 0.344 e. The number of hydrogen-bond acceptors (Lipinski definition) is 3. The quantitative estimate of drug-likeness (QED) is 0.857. The van der Waals surface area contributed by atoms with E-state index in [0.29, 0.717) is 18.2 Å². The summed E-state index contributed by atoms with van der Waals surface area (Å²) in [4.78, 5) is 11.0. The summed E-state index contributed by atoms with van der Waals surface area (Å²) in [6.07, 6.45) is 3.08. The number of benzene rings is 1. The van der Waals surface area contributed by atoms with Gasteiger partial charge in [0.2, 0.25) is 0 Å². The molecular weight excluding hydrogens is 242 g/mol. The molecule has 104 valence electrons. The van der Waals surface area contributed by atoms with Crippen molar-refractivity contribution in [3.8, 4) is 5.75 Å². The second-order valence-corrected chi connectivity index (χ2v) is 4.95. The van der Waals surface area contributed by atoms with Crippen LogP contribution in [0.2, 0.25) is 0 Å². The molecule has 0 bridgehead atoms. The first-order valence-electron chi connectivity index (χ1n) is 6.85. The van der Waals surface area contributed by atoms with Crippen LogP contribution in [0.25, 0.3) is 0 Å². The highest BCUT2D eigenvalue weighted by atomic mass is 16.5. The minimum atomic E-state index is -0.912. The molecule has 19 heavy (non-hydrogen) atoms. The second-order valence-electron chi connectivity index (χ2n) is 4.95. The van der Waals surface area contributed by atoms with Crippen LogP contribution in [0.4, 0.5) is 0 Å². The van der Waals surface area contributed by atoms with Gasteiger partial charge in [0.15, 0.2) is 6.10 Å². The number of aryl methyl sites for hydroxylation is 1. The highest BCUT2D eigenvalue weighted by Crippen LogP contribution is 2.32. The first kappa shape index (κ1) is 13.9. The van der Waals surface area contributed by atoms with Crippen molar-refractivity contribution in [2.24, 2.45) is 0 Å². The third-order valence-electron chi connectivity index (χ3n) is 3.70. The fraction of sp³-hybridized carbons (Fsp3) is 0.533. The molecule has 0 heterocycles. The van der Waals surface area contributed by atoms with Gasteiger partial charge >= 0.3 is 5.97 Å². The molecule has 2 rings (SSSR count). The summed E-state index contributed by atoms with van der Waals surface area (Å²) in [5.74, 6) is -0.263. The first-order chi connectivity index (χ1) is 9.15. The predicted octanol–water partition coefficient (Wildman–Crippen LogP) is 2.53. The Kier molecular flexibility index (Phi) is 4.43. The van der Waals surface area contributed by atoms with Crippen LogP contribution in [0.5, 0.6) is 5.75 Å². The van der Waals surface area contributed by atoms with Crippen molar-refractivity contribution in [2.75, 3.05) is 7.05 Å². The molecule has 0 fully saturated rings. The van der Waals surface area contributed by atoms with Crippen molar-refractivity contribution in [3.05, 3.63) is 29.3 Å². The largest absolute Gasteiger partial charge is 0.479 e. The number of carbonyl (C=O) groups is 1. The van der Waals surface area contributed by atoms with Gasteiger partial charge in [0, 0.05) is 6.04 Å². The third-order valence-corrected chi connectivity index (χ3v) is 3.70. The molecule has 0 saturated carbocycles. The molecule has 1 aromatic rings. The zero-order valence-electron chi connectivity index (χ0n) is 11.5. The standard InChI is InChI=1S/C15H21NO3/c1-3-14(15(17)18)19-11-8-7-10-5-4-6-13(16-2)12(10)9-11/h7-9,13-14,16H,3-6H2,1-2H3,(H,17,18). The highest BCUT2D eigenvalue weighted by Gasteiger charge is 2.21. The summed E-state index contributed by atoms with van der Waals surface area (Å²) in [6.45, 7) is 1.81. The number of ether oxygens (including phenoxy) is 1. The van der Waals surface area contributed by atoms with Crippen LogP contribution in [-0.4, -0.2) is 24.2 Å². The third kappa shape index (κ3) is 3.07. The lowest BCUT2D eigenvalue weighted by Gasteiger charge is -2.26. The second kappa shape index (κ2) is 6.06. The molecule has 0 aromatic heterocycles. The van der Waals surface area contributed by atoms with Gasteiger partial charge in [-0.05, 0) is 56.0 Å². The van der Waals surface area contributed by atoms with E-state index < -0.39 is 12.1 Å². The Morgan fingerprint density at radius 1 is 1.58 bits per heavy atom. The van der Waals surface area contributed by atoms with E-state index in [4.69, 9.17) is 9.84 Å². The van der Waals surface area contributed by atoms with E-state index in [1.165, 1.54) is 17.5 Å². The number of fused-ring (bicyclic) bond motifs is 1. The number of carboxylic acids is 1. The molecule has 2 unspecified atom stereocenters. The average Bonchev–Trinajstić information content (AvgIpc) is 2.43. The van der Waals surface area contributed by atoms with Crippen molar-refractivity contribution in [1.82, 2.24) is 5.32 Å². The molecular formula is C15H21NO3. The monoisotopic (exact) mass is 263 g/mol. The Labute approximate surface area is 113 Å². The van der Waals surface area contributed by atoms with E-state index in [0.717, 1.165) is 12.8 Å². The summed E-state index contributed by atoms with van der Waals surface area (Å²) >= 11 is 0. The maximum absolute atomic E-state index is 11.0. The van der Waals surface area contributed by atoms with Crippen LogP contribution in [-0.2, 0) is 11.2 Å². The molecule has 1 aliphatic carbocycles. The number of carboxylic acid groups (broad SMARTS) is 1. The fourth-order valence-electron chi connectivity index (χ4n) is 2.62. The Morgan fingerprint density at radius 2 is 2.37 bits per heavy atom. The molecule has 0 saturated heterocycles. The van der Waals surface area contributed by atoms with E-state index in [1.54, 1.807) is 0 Å². The molecule has 0 spiro atoms. The van der Waals surface area contributed by atoms with Gasteiger partial charge in [-0.25, -0.2) is 4.79 Å². The molecule has 2 atom stereocenters. The van der Waals surface area contributed by atoms with Crippen molar-refractivity contribution >= 4 is 5.97 Å². The van der Waals surface area contributed by atoms with Crippen LogP contribution >= 0.6 is 0 Å². The lowest BCUT2D eigenvalue weighted by molar-refractivity contribution is -0.145. The normalized spacial score (nSPS) is 19.6. The van der Waals surface area contributed by atoms with Crippen LogP contribution in [0, 0.1) is 0 Å². The molecule has 0 amide bonds. The minimum Gasteiger partial charge on any atom is -0.479 e. The van der Waals surface area contributed by atoms with E-state index in [1.807, 2.05) is 26.1 Å². The topological polar surface area (TPSA) is 58.6 Å². The van der Waals surface area contributed by atoms with Crippen molar-refractivity contribution in [2.45, 2.75) is 44.8 Å². The number of rotatable bonds is 5. The average molecular weight is 263 g/mol. The van der Waals surface area contributed by atoms with E-state index >= 15 is 0 Å². The fourth-order valence-corrected chi connectivity index (χ4v) is 2.62. The van der Waals surface area contributed by atoms with Gasteiger partial charge in [0.05, 0.1) is 0 Å². The molecule has 0 radical (unpaired) electrons. The summed E-state index contributed by atoms with van der Waals surface area (Å²) in [6, 6.07) is 6.27. The predicted molar refractivity (Wildman–Crippen MR) is 73.5 cm³/mol. The van der Waals surface area contributed by atoms with Crippen LogP contribution < -0.4 is 10.1 Å². The first-order valence-corrected chi connectivity index (χ1v) is 6.85. The zero-order valence-corrected chi connectivity index (χ0v) is 11.5.